The van der Waals surface area contributed by atoms with Gasteiger partial charge in [0.05, 0.1) is 5.92 Å². The number of nitrogens with zero attached hydrogens (tertiary/aromatic N) is 1. The number of ether oxygens (including phenoxy) is 2. The Morgan fingerprint density at radius 1 is 1.20 bits per heavy atom. The van der Waals surface area contributed by atoms with E-state index >= 15 is 0 Å². The highest BCUT2D eigenvalue weighted by molar-refractivity contribution is 5.70. The van der Waals surface area contributed by atoms with Crippen LogP contribution in [0, 0.1) is 5.92 Å². The molecule has 5 nitrogen and oxygen atoms in total. The highest BCUT2D eigenvalue weighted by Gasteiger charge is 2.40. The summed E-state index contributed by atoms with van der Waals surface area (Å²) in [5.74, 6) is -1.20. The molecule has 2 aliphatic rings. The molecule has 1 saturated carbocycles. The van der Waals surface area contributed by atoms with E-state index in [1.165, 1.54) is 0 Å². The Morgan fingerprint density at radius 2 is 1.80 bits per heavy atom. The summed E-state index contributed by atoms with van der Waals surface area (Å²) in [5, 5.41) is 9.09. The molecule has 0 bridgehead atoms. The number of hydrogen-bond donors (Lipinski definition) is 1. The highest BCUT2D eigenvalue weighted by Crippen LogP contribution is 2.34. The number of hydrogen-bond acceptors (Lipinski definition) is 4. The second-order valence-corrected chi connectivity index (χ2v) is 5.81. The molecule has 0 aromatic rings. The summed E-state index contributed by atoms with van der Waals surface area (Å²) in [6, 6.07) is 0.428. The topological polar surface area (TPSA) is 59.0 Å². The number of carbonyl (C=O) groups is 1. The Labute approximate surface area is 121 Å². The van der Waals surface area contributed by atoms with Gasteiger partial charge in [0.15, 0.2) is 5.79 Å². The summed E-state index contributed by atoms with van der Waals surface area (Å²) in [6.07, 6.45) is 4.38. The van der Waals surface area contributed by atoms with E-state index in [0.717, 1.165) is 45.2 Å². The van der Waals surface area contributed by atoms with E-state index < -0.39 is 11.8 Å². The summed E-state index contributed by atoms with van der Waals surface area (Å²) in [4.78, 5) is 13.5. The van der Waals surface area contributed by atoms with E-state index in [-0.39, 0.29) is 5.92 Å². The van der Waals surface area contributed by atoms with Crippen molar-refractivity contribution in [3.63, 3.8) is 0 Å². The van der Waals surface area contributed by atoms with Crippen LogP contribution in [0.15, 0.2) is 0 Å². The lowest BCUT2D eigenvalue weighted by molar-refractivity contribution is -0.254. The smallest absolute Gasteiger partial charge is 0.306 e. The first-order valence-electron chi connectivity index (χ1n) is 7.85. The normalized spacial score (nSPS) is 30.5. The third-order valence-electron chi connectivity index (χ3n) is 4.65. The van der Waals surface area contributed by atoms with Gasteiger partial charge in [0.1, 0.15) is 0 Å². The molecule has 5 heteroatoms. The molecule has 2 fully saturated rings. The van der Waals surface area contributed by atoms with Gasteiger partial charge in [-0.15, -0.1) is 0 Å². The fourth-order valence-electron chi connectivity index (χ4n) is 3.60. The Morgan fingerprint density at radius 3 is 2.25 bits per heavy atom. The molecule has 2 unspecified atom stereocenters. The minimum atomic E-state index is -0.637. The van der Waals surface area contributed by atoms with E-state index in [0.29, 0.717) is 19.3 Å². The lowest BCUT2D eigenvalue weighted by Crippen LogP contribution is -2.50. The number of rotatable bonds is 6. The highest BCUT2D eigenvalue weighted by atomic mass is 16.7. The van der Waals surface area contributed by atoms with Gasteiger partial charge in [-0.05, 0) is 33.1 Å². The van der Waals surface area contributed by atoms with Gasteiger partial charge >= 0.3 is 5.97 Å². The standard InChI is InChI=1S/C15H27NO4/c1-3-19-15(20-4-2)7-9-16(10-8-15)13-6-5-12(11-13)14(17)18/h12-13H,3-11H2,1-2H3,(H,17,18). The maximum atomic E-state index is 11.0. The molecular weight excluding hydrogens is 258 g/mol. The number of carboxylic acid groups (broad SMARTS) is 1. The molecule has 0 aromatic carbocycles. The van der Waals surface area contributed by atoms with Gasteiger partial charge in [0.2, 0.25) is 0 Å². The Kier molecular flexibility index (Phi) is 5.41. The number of carboxylic acids is 1. The molecule has 0 spiro atoms. The summed E-state index contributed by atoms with van der Waals surface area (Å²) >= 11 is 0. The van der Waals surface area contributed by atoms with Gasteiger partial charge in [-0.2, -0.15) is 0 Å². The van der Waals surface area contributed by atoms with Gasteiger partial charge in [-0.25, -0.2) is 0 Å². The zero-order valence-corrected chi connectivity index (χ0v) is 12.6. The molecule has 0 radical (unpaired) electrons. The molecule has 1 N–H and O–H groups in total. The zero-order valence-electron chi connectivity index (χ0n) is 12.6. The fraction of sp³-hybridized carbons (Fsp3) is 0.933. The van der Waals surface area contributed by atoms with Crippen molar-refractivity contribution < 1.29 is 19.4 Å². The average Bonchev–Trinajstić information content (AvgIpc) is 2.90. The molecule has 20 heavy (non-hydrogen) atoms. The molecule has 0 amide bonds. The van der Waals surface area contributed by atoms with E-state index in [1.807, 2.05) is 13.8 Å². The summed E-state index contributed by atoms with van der Waals surface area (Å²) < 4.78 is 11.7. The van der Waals surface area contributed by atoms with Gasteiger partial charge in [-0.3, -0.25) is 9.69 Å². The molecule has 0 aromatic heterocycles. The van der Waals surface area contributed by atoms with Crippen LogP contribution in [0.2, 0.25) is 0 Å². The molecule has 116 valence electrons. The van der Waals surface area contributed by atoms with E-state index in [9.17, 15) is 4.79 Å². The molecule has 2 rings (SSSR count). The van der Waals surface area contributed by atoms with Gasteiger partial charge in [0, 0.05) is 45.2 Å². The van der Waals surface area contributed by atoms with Crippen molar-refractivity contribution in [3.05, 3.63) is 0 Å². The Balaban J connectivity index is 1.86. The zero-order chi connectivity index (χ0) is 14.6. The molecular formula is C15H27NO4. The van der Waals surface area contributed by atoms with E-state index in [4.69, 9.17) is 14.6 Å². The maximum Gasteiger partial charge on any atom is 0.306 e. The maximum absolute atomic E-state index is 11.0. The predicted octanol–water partition coefficient (Wildman–Crippen LogP) is 2.10. The third kappa shape index (κ3) is 3.51. The van der Waals surface area contributed by atoms with Crippen molar-refractivity contribution in [2.24, 2.45) is 5.92 Å². The van der Waals surface area contributed by atoms with Crippen LogP contribution in [0.5, 0.6) is 0 Å². The van der Waals surface area contributed by atoms with Gasteiger partial charge in [0.25, 0.3) is 0 Å². The SMILES string of the molecule is CCOC1(OCC)CCN(C2CCC(C(=O)O)C2)CC1. The monoisotopic (exact) mass is 285 g/mol. The van der Waals surface area contributed by atoms with Crippen molar-refractivity contribution in [3.8, 4) is 0 Å². The predicted molar refractivity (Wildman–Crippen MR) is 75.6 cm³/mol. The minimum Gasteiger partial charge on any atom is -0.481 e. The van der Waals surface area contributed by atoms with Crippen LogP contribution in [0.25, 0.3) is 0 Å². The average molecular weight is 285 g/mol. The van der Waals surface area contributed by atoms with E-state index in [1.54, 1.807) is 0 Å². The first-order chi connectivity index (χ1) is 9.60. The third-order valence-corrected chi connectivity index (χ3v) is 4.65. The summed E-state index contributed by atoms with van der Waals surface area (Å²) in [7, 11) is 0. The largest absolute Gasteiger partial charge is 0.481 e. The first-order valence-corrected chi connectivity index (χ1v) is 7.85. The van der Waals surface area contributed by atoms with Crippen molar-refractivity contribution in [2.75, 3.05) is 26.3 Å². The minimum absolute atomic E-state index is 0.148. The lowest BCUT2D eigenvalue weighted by Gasteiger charge is -2.43. The van der Waals surface area contributed by atoms with E-state index in [2.05, 4.69) is 4.90 Å². The van der Waals surface area contributed by atoms with Crippen LogP contribution in [0.3, 0.4) is 0 Å². The quantitative estimate of drug-likeness (QED) is 0.757. The van der Waals surface area contributed by atoms with Crippen LogP contribution >= 0.6 is 0 Å². The Hall–Kier alpha value is -0.650. The number of likely N-dealkylation sites (tertiary alicyclic amines) is 1. The summed E-state index contributed by atoms with van der Waals surface area (Å²) in [6.45, 7) is 7.23. The van der Waals surface area contributed by atoms with Crippen molar-refractivity contribution >= 4 is 5.97 Å². The van der Waals surface area contributed by atoms with Gasteiger partial charge < -0.3 is 14.6 Å². The molecule has 1 aliphatic carbocycles. The van der Waals surface area contributed by atoms with Crippen molar-refractivity contribution in [2.45, 2.75) is 57.8 Å². The number of aliphatic carboxylic acids is 1. The van der Waals surface area contributed by atoms with Crippen LogP contribution in [0.1, 0.15) is 46.0 Å². The fourth-order valence-corrected chi connectivity index (χ4v) is 3.60. The second kappa shape index (κ2) is 6.87. The van der Waals surface area contributed by atoms with Crippen LogP contribution in [-0.4, -0.2) is 54.1 Å². The first kappa shape index (κ1) is 15.7. The molecule has 2 atom stereocenters. The van der Waals surface area contributed by atoms with Gasteiger partial charge in [-0.1, -0.05) is 0 Å². The molecule has 1 aliphatic heterocycles. The number of piperidine rings is 1. The summed E-state index contributed by atoms with van der Waals surface area (Å²) in [5.41, 5.74) is 0. The van der Waals surface area contributed by atoms with Crippen molar-refractivity contribution in [1.29, 1.82) is 0 Å². The molecule has 1 saturated heterocycles. The Bertz CT molecular complexity index is 318. The molecule has 1 heterocycles. The van der Waals surface area contributed by atoms with Crippen LogP contribution in [-0.2, 0) is 14.3 Å². The lowest BCUT2D eigenvalue weighted by atomic mass is 10.0. The van der Waals surface area contributed by atoms with Crippen LogP contribution < -0.4 is 0 Å². The van der Waals surface area contributed by atoms with Crippen molar-refractivity contribution in [1.82, 2.24) is 4.90 Å². The second-order valence-electron chi connectivity index (χ2n) is 5.81. The van der Waals surface area contributed by atoms with Crippen LogP contribution in [0.4, 0.5) is 0 Å².